The first-order valence-corrected chi connectivity index (χ1v) is 4.22. The zero-order valence-corrected chi connectivity index (χ0v) is 7.77. The largest absolute Gasteiger partial charge is 0.330 e. The average Bonchev–Trinajstić information content (AvgIpc) is 2.10. The lowest BCUT2D eigenvalue weighted by Gasteiger charge is -2.11. The van der Waals surface area contributed by atoms with E-state index >= 15 is 0 Å². The van der Waals surface area contributed by atoms with Crippen LogP contribution in [0.4, 0.5) is 8.78 Å². The molecule has 0 aliphatic carbocycles. The van der Waals surface area contributed by atoms with Crippen LogP contribution < -0.4 is 5.73 Å². The molecule has 0 spiro atoms. The van der Waals surface area contributed by atoms with Gasteiger partial charge in [0.2, 0.25) is 0 Å². The third kappa shape index (κ3) is 2.04. The third-order valence-electron chi connectivity index (χ3n) is 2.09. The van der Waals surface area contributed by atoms with Crippen LogP contribution in [0, 0.1) is 18.6 Å². The van der Waals surface area contributed by atoms with Gasteiger partial charge in [-0.15, -0.1) is 0 Å². The van der Waals surface area contributed by atoms with Crippen molar-refractivity contribution in [3.05, 3.63) is 34.9 Å². The minimum absolute atomic E-state index is 0.144. The molecule has 0 saturated heterocycles. The number of halogens is 2. The summed E-state index contributed by atoms with van der Waals surface area (Å²) in [5.74, 6) is -1.71. The van der Waals surface area contributed by atoms with E-state index in [2.05, 4.69) is 0 Å². The average molecular weight is 185 g/mol. The maximum Gasteiger partial charge on any atom is 0.162 e. The molecule has 72 valence electrons. The highest BCUT2D eigenvalue weighted by atomic mass is 19.2. The summed E-state index contributed by atoms with van der Waals surface area (Å²) in [7, 11) is 0. The van der Waals surface area contributed by atoms with Gasteiger partial charge in [0.1, 0.15) is 0 Å². The summed E-state index contributed by atoms with van der Waals surface area (Å²) < 4.78 is 26.1. The van der Waals surface area contributed by atoms with Crippen LogP contribution in [0.3, 0.4) is 0 Å². The summed E-state index contributed by atoms with van der Waals surface area (Å²) >= 11 is 0. The molecule has 0 bridgehead atoms. The Kier molecular flexibility index (Phi) is 2.98. The first-order chi connectivity index (χ1) is 6.06. The summed E-state index contributed by atoms with van der Waals surface area (Å²) in [6.07, 6.45) is 0. The van der Waals surface area contributed by atoms with Gasteiger partial charge in [-0.1, -0.05) is 13.0 Å². The van der Waals surface area contributed by atoms with Crippen molar-refractivity contribution in [2.75, 3.05) is 6.54 Å². The van der Waals surface area contributed by atoms with E-state index in [0.717, 1.165) is 0 Å². The van der Waals surface area contributed by atoms with Crippen molar-refractivity contribution in [1.82, 2.24) is 0 Å². The summed E-state index contributed by atoms with van der Waals surface area (Å²) in [5.41, 5.74) is 6.46. The van der Waals surface area contributed by atoms with Crippen LogP contribution >= 0.6 is 0 Å². The first-order valence-electron chi connectivity index (χ1n) is 4.22. The predicted octanol–water partition coefficient (Wildman–Crippen LogP) is 2.34. The predicted molar refractivity (Wildman–Crippen MR) is 48.6 cm³/mol. The molecule has 1 atom stereocenters. The van der Waals surface area contributed by atoms with Crippen LogP contribution in [0.5, 0.6) is 0 Å². The molecular weight excluding hydrogens is 172 g/mol. The molecule has 0 saturated carbocycles. The van der Waals surface area contributed by atoms with Crippen molar-refractivity contribution in [2.24, 2.45) is 5.73 Å². The number of rotatable bonds is 2. The summed E-state index contributed by atoms with van der Waals surface area (Å²) in [4.78, 5) is 0. The van der Waals surface area contributed by atoms with Crippen molar-refractivity contribution in [3.8, 4) is 0 Å². The quantitative estimate of drug-likeness (QED) is 0.751. The lowest BCUT2D eigenvalue weighted by atomic mass is 9.98. The summed E-state index contributed by atoms with van der Waals surface area (Å²) in [5, 5.41) is 0. The number of hydrogen-bond donors (Lipinski definition) is 1. The van der Waals surface area contributed by atoms with Gasteiger partial charge >= 0.3 is 0 Å². The van der Waals surface area contributed by atoms with Crippen LogP contribution in [0.15, 0.2) is 12.1 Å². The van der Waals surface area contributed by atoms with Crippen LogP contribution in [0.2, 0.25) is 0 Å². The van der Waals surface area contributed by atoms with Gasteiger partial charge in [-0.3, -0.25) is 0 Å². The first kappa shape index (κ1) is 10.1. The third-order valence-corrected chi connectivity index (χ3v) is 2.09. The van der Waals surface area contributed by atoms with Crippen LogP contribution in [-0.2, 0) is 0 Å². The molecule has 0 radical (unpaired) electrons. The van der Waals surface area contributed by atoms with Crippen LogP contribution in [0.1, 0.15) is 24.0 Å². The minimum atomic E-state index is -0.796. The van der Waals surface area contributed by atoms with E-state index in [1.807, 2.05) is 0 Å². The normalized spacial score (nSPS) is 13.0. The van der Waals surface area contributed by atoms with Crippen LogP contribution in [0.25, 0.3) is 0 Å². The highest BCUT2D eigenvalue weighted by Crippen LogP contribution is 2.21. The van der Waals surface area contributed by atoms with E-state index in [4.69, 9.17) is 5.73 Å². The molecule has 3 heteroatoms. The van der Waals surface area contributed by atoms with Crippen molar-refractivity contribution in [2.45, 2.75) is 19.8 Å². The van der Waals surface area contributed by atoms with Crippen molar-refractivity contribution in [3.63, 3.8) is 0 Å². The second-order valence-corrected chi connectivity index (χ2v) is 3.29. The Labute approximate surface area is 76.6 Å². The second-order valence-electron chi connectivity index (χ2n) is 3.29. The standard InChI is InChI=1S/C10H13F2N/c1-6-3-8(7(2)5-13)10(12)9(11)4-6/h3-4,7H,5,13H2,1-2H3. The molecule has 0 fully saturated rings. The molecule has 1 unspecified atom stereocenters. The van der Waals surface area contributed by atoms with Crippen molar-refractivity contribution in [1.29, 1.82) is 0 Å². The van der Waals surface area contributed by atoms with Gasteiger partial charge in [0.05, 0.1) is 0 Å². The van der Waals surface area contributed by atoms with Crippen molar-refractivity contribution >= 4 is 0 Å². The lowest BCUT2D eigenvalue weighted by molar-refractivity contribution is 0.490. The van der Waals surface area contributed by atoms with E-state index < -0.39 is 11.6 Å². The Morgan fingerprint density at radius 1 is 1.38 bits per heavy atom. The number of hydrogen-bond acceptors (Lipinski definition) is 1. The molecular formula is C10H13F2N. The monoisotopic (exact) mass is 185 g/mol. The molecule has 0 aromatic heterocycles. The molecule has 0 heterocycles. The van der Waals surface area contributed by atoms with Crippen molar-refractivity contribution < 1.29 is 8.78 Å². The maximum absolute atomic E-state index is 13.2. The van der Waals surface area contributed by atoms with Gasteiger partial charge in [-0.25, -0.2) is 8.78 Å². The molecule has 1 nitrogen and oxygen atoms in total. The van der Waals surface area contributed by atoms with E-state index in [1.54, 1.807) is 19.9 Å². The summed E-state index contributed by atoms with van der Waals surface area (Å²) in [6.45, 7) is 3.83. The SMILES string of the molecule is Cc1cc(F)c(F)c(C(C)CN)c1. The number of aryl methyl sites for hydroxylation is 1. The fourth-order valence-electron chi connectivity index (χ4n) is 1.24. The van der Waals surface area contributed by atoms with Gasteiger partial charge in [-0.05, 0) is 36.6 Å². The van der Waals surface area contributed by atoms with Gasteiger partial charge in [-0.2, -0.15) is 0 Å². The zero-order valence-electron chi connectivity index (χ0n) is 7.77. The van der Waals surface area contributed by atoms with E-state index in [0.29, 0.717) is 17.7 Å². The highest BCUT2D eigenvalue weighted by molar-refractivity contribution is 5.28. The second kappa shape index (κ2) is 3.83. The van der Waals surface area contributed by atoms with E-state index in [9.17, 15) is 8.78 Å². The smallest absolute Gasteiger partial charge is 0.162 e. The summed E-state index contributed by atoms with van der Waals surface area (Å²) in [6, 6.07) is 2.82. The molecule has 0 aliphatic heterocycles. The van der Waals surface area contributed by atoms with Gasteiger partial charge in [0, 0.05) is 0 Å². The Bertz CT molecular complexity index is 310. The zero-order chi connectivity index (χ0) is 10.0. The van der Waals surface area contributed by atoms with Gasteiger partial charge < -0.3 is 5.73 Å². The molecule has 0 amide bonds. The van der Waals surface area contributed by atoms with Crippen LogP contribution in [-0.4, -0.2) is 6.54 Å². The molecule has 0 aliphatic rings. The molecule has 1 aromatic carbocycles. The number of benzene rings is 1. The Hall–Kier alpha value is -0.960. The van der Waals surface area contributed by atoms with Gasteiger partial charge in [0.15, 0.2) is 11.6 Å². The fourth-order valence-corrected chi connectivity index (χ4v) is 1.24. The minimum Gasteiger partial charge on any atom is -0.330 e. The Morgan fingerprint density at radius 2 is 2.00 bits per heavy atom. The Morgan fingerprint density at radius 3 is 2.54 bits per heavy atom. The molecule has 1 rings (SSSR count). The highest BCUT2D eigenvalue weighted by Gasteiger charge is 2.13. The van der Waals surface area contributed by atoms with E-state index in [-0.39, 0.29) is 5.92 Å². The molecule has 1 aromatic rings. The topological polar surface area (TPSA) is 26.0 Å². The van der Waals surface area contributed by atoms with E-state index in [1.165, 1.54) is 6.07 Å². The maximum atomic E-state index is 13.2. The Balaban J connectivity index is 3.20. The lowest BCUT2D eigenvalue weighted by Crippen LogP contribution is -2.11. The fraction of sp³-hybridized carbons (Fsp3) is 0.400. The van der Waals surface area contributed by atoms with Gasteiger partial charge in [0.25, 0.3) is 0 Å². The molecule has 2 N–H and O–H groups in total. The molecule has 13 heavy (non-hydrogen) atoms. The number of nitrogens with two attached hydrogens (primary N) is 1.